The number of nitrogens with zero attached hydrogens (tertiary/aromatic N) is 2. The molecule has 8 heteroatoms. The van der Waals surface area contributed by atoms with E-state index >= 15 is 0 Å². The molecule has 1 fully saturated rings. The maximum Gasteiger partial charge on any atom is 0.306 e. The molecule has 1 saturated heterocycles. The summed E-state index contributed by atoms with van der Waals surface area (Å²) >= 11 is 0. The SMILES string of the molecule is CCOC(=O)CC1CCN(S(=O)(=O)CCc2cnoc2)C1(C)C. The highest BCUT2D eigenvalue weighted by atomic mass is 32.2. The van der Waals surface area contributed by atoms with Crippen molar-refractivity contribution >= 4 is 16.0 Å². The van der Waals surface area contributed by atoms with E-state index in [1.165, 1.54) is 16.8 Å². The molecule has 7 nitrogen and oxygen atoms in total. The molecule has 0 bridgehead atoms. The summed E-state index contributed by atoms with van der Waals surface area (Å²) in [5.74, 6) is -0.301. The molecule has 0 N–H and O–H groups in total. The number of sulfonamides is 1. The van der Waals surface area contributed by atoms with Crippen LogP contribution in [0, 0.1) is 5.92 Å². The van der Waals surface area contributed by atoms with E-state index in [0.29, 0.717) is 26.0 Å². The Morgan fingerprint density at radius 3 is 2.87 bits per heavy atom. The molecule has 0 saturated carbocycles. The van der Waals surface area contributed by atoms with Crippen molar-refractivity contribution in [3.63, 3.8) is 0 Å². The lowest BCUT2D eigenvalue weighted by Crippen LogP contribution is -2.47. The van der Waals surface area contributed by atoms with E-state index in [4.69, 9.17) is 9.26 Å². The minimum absolute atomic E-state index is 0.00374. The van der Waals surface area contributed by atoms with Gasteiger partial charge in [-0.15, -0.1) is 0 Å². The minimum atomic E-state index is -3.41. The number of hydrogen-bond donors (Lipinski definition) is 0. The Labute approximate surface area is 137 Å². The van der Waals surface area contributed by atoms with Gasteiger partial charge in [-0.3, -0.25) is 4.79 Å². The van der Waals surface area contributed by atoms with E-state index in [1.54, 1.807) is 6.92 Å². The number of rotatable bonds is 7. The Morgan fingerprint density at radius 1 is 1.52 bits per heavy atom. The third kappa shape index (κ3) is 4.11. The molecule has 0 amide bonds. The summed E-state index contributed by atoms with van der Waals surface area (Å²) in [7, 11) is -3.41. The van der Waals surface area contributed by atoms with Crippen LogP contribution in [-0.2, 0) is 26.0 Å². The monoisotopic (exact) mass is 344 g/mol. The molecule has 1 aromatic rings. The Hall–Kier alpha value is -1.41. The average Bonchev–Trinajstić information content (AvgIpc) is 3.06. The first kappa shape index (κ1) is 17.9. The van der Waals surface area contributed by atoms with Gasteiger partial charge in [-0.25, -0.2) is 8.42 Å². The number of hydrogen-bond acceptors (Lipinski definition) is 6. The molecule has 2 heterocycles. The maximum atomic E-state index is 12.7. The Balaban J connectivity index is 2.03. The standard InChI is InChI=1S/C15H24N2O5S/c1-4-21-14(18)9-13-5-7-17(15(13,2)3)23(19,20)8-6-12-10-16-22-11-12/h10-11,13H,4-9H2,1-3H3. The minimum Gasteiger partial charge on any atom is -0.466 e. The zero-order valence-corrected chi connectivity index (χ0v) is 14.6. The van der Waals surface area contributed by atoms with Crippen molar-refractivity contribution in [1.29, 1.82) is 0 Å². The summed E-state index contributed by atoms with van der Waals surface area (Å²) in [6.07, 6.45) is 4.25. The van der Waals surface area contributed by atoms with Crippen LogP contribution in [0.2, 0.25) is 0 Å². The predicted octanol–water partition coefficient (Wildman–Crippen LogP) is 1.60. The largest absolute Gasteiger partial charge is 0.466 e. The molecule has 0 spiro atoms. The van der Waals surface area contributed by atoms with E-state index in [1.807, 2.05) is 13.8 Å². The number of carbonyl (C=O) groups is 1. The van der Waals surface area contributed by atoms with Crippen LogP contribution in [0.4, 0.5) is 0 Å². The van der Waals surface area contributed by atoms with Crippen molar-refractivity contribution in [2.45, 2.75) is 45.6 Å². The van der Waals surface area contributed by atoms with Crippen molar-refractivity contribution < 1.29 is 22.5 Å². The first-order valence-electron chi connectivity index (χ1n) is 7.81. The molecule has 1 unspecified atom stereocenters. The number of ether oxygens (including phenoxy) is 1. The van der Waals surface area contributed by atoms with Crippen LogP contribution >= 0.6 is 0 Å². The van der Waals surface area contributed by atoms with Crippen LogP contribution in [0.25, 0.3) is 0 Å². The molecule has 0 aromatic carbocycles. The highest BCUT2D eigenvalue weighted by molar-refractivity contribution is 7.89. The van der Waals surface area contributed by atoms with Crippen LogP contribution in [0.1, 0.15) is 39.2 Å². The molecule has 0 aliphatic carbocycles. The second-order valence-electron chi connectivity index (χ2n) is 6.32. The van der Waals surface area contributed by atoms with Gasteiger partial charge in [0.2, 0.25) is 10.0 Å². The van der Waals surface area contributed by atoms with Crippen molar-refractivity contribution in [2.75, 3.05) is 18.9 Å². The van der Waals surface area contributed by atoms with E-state index in [0.717, 1.165) is 5.56 Å². The first-order chi connectivity index (χ1) is 10.8. The second-order valence-corrected chi connectivity index (χ2v) is 8.33. The summed E-state index contributed by atoms with van der Waals surface area (Å²) < 4.78 is 36.6. The molecular weight excluding hydrogens is 320 g/mol. The Bertz CT molecular complexity index is 624. The molecule has 0 radical (unpaired) electrons. The van der Waals surface area contributed by atoms with Gasteiger partial charge < -0.3 is 9.26 Å². The summed E-state index contributed by atoms with van der Waals surface area (Å²) in [4.78, 5) is 11.7. The topological polar surface area (TPSA) is 89.7 Å². The smallest absolute Gasteiger partial charge is 0.306 e. The molecule has 1 aliphatic heterocycles. The van der Waals surface area contributed by atoms with Crippen LogP contribution in [0.5, 0.6) is 0 Å². The number of aromatic nitrogens is 1. The lowest BCUT2D eigenvalue weighted by molar-refractivity contribution is -0.144. The van der Waals surface area contributed by atoms with Crippen molar-refractivity contribution in [3.05, 3.63) is 18.0 Å². The second kappa shape index (κ2) is 7.00. The van der Waals surface area contributed by atoms with E-state index < -0.39 is 15.6 Å². The number of carbonyl (C=O) groups excluding carboxylic acids is 1. The van der Waals surface area contributed by atoms with Gasteiger partial charge in [0, 0.05) is 17.6 Å². The zero-order valence-electron chi connectivity index (χ0n) is 13.8. The summed E-state index contributed by atoms with van der Waals surface area (Å²) in [6, 6.07) is 0. The third-order valence-electron chi connectivity index (χ3n) is 4.51. The lowest BCUT2D eigenvalue weighted by atomic mass is 9.87. The average molecular weight is 344 g/mol. The van der Waals surface area contributed by atoms with Gasteiger partial charge in [0.05, 0.1) is 25.0 Å². The first-order valence-corrected chi connectivity index (χ1v) is 9.42. The fourth-order valence-corrected chi connectivity index (χ4v) is 5.06. The summed E-state index contributed by atoms with van der Waals surface area (Å²) in [6.45, 7) is 6.29. The van der Waals surface area contributed by atoms with E-state index in [-0.39, 0.29) is 24.1 Å². The van der Waals surface area contributed by atoms with Crippen LogP contribution in [0.15, 0.2) is 17.0 Å². The molecule has 1 aromatic heterocycles. The molecular formula is C15H24N2O5S. The highest BCUT2D eigenvalue weighted by Crippen LogP contribution is 2.39. The van der Waals surface area contributed by atoms with Crippen LogP contribution in [-0.4, -0.2) is 48.3 Å². The normalized spacial score (nSPS) is 21.4. The lowest BCUT2D eigenvalue weighted by Gasteiger charge is -2.34. The summed E-state index contributed by atoms with van der Waals surface area (Å²) in [5, 5.41) is 3.58. The van der Waals surface area contributed by atoms with Crippen molar-refractivity contribution in [1.82, 2.24) is 9.46 Å². The van der Waals surface area contributed by atoms with Gasteiger partial charge >= 0.3 is 5.97 Å². The van der Waals surface area contributed by atoms with Gasteiger partial charge in [0.25, 0.3) is 0 Å². The van der Waals surface area contributed by atoms with Crippen LogP contribution in [0.3, 0.4) is 0 Å². The fraction of sp³-hybridized carbons (Fsp3) is 0.733. The third-order valence-corrected chi connectivity index (χ3v) is 6.55. The Kier molecular flexibility index (Phi) is 5.46. The van der Waals surface area contributed by atoms with E-state index in [9.17, 15) is 13.2 Å². The number of aryl methyl sites for hydroxylation is 1. The van der Waals surface area contributed by atoms with E-state index in [2.05, 4.69) is 5.16 Å². The van der Waals surface area contributed by atoms with Gasteiger partial charge in [-0.1, -0.05) is 5.16 Å². The summed E-state index contributed by atoms with van der Waals surface area (Å²) in [5.41, 5.74) is 0.161. The van der Waals surface area contributed by atoms with Crippen molar-refractivity contribution in [2.24, 2.45) is 5.92 Å². The highest BCUT2D eigenvalue weighted by Gasteiger charge is 2.47. The molecule has 2 rings (SSSR count). The number of esters is 1. The molecule has 1 atom stereocenters. The fourth-order valence-electron chi connectivity index (χ4n) is 3.10. The Morgan fingerprint density at radius 2 is 2.26 bits per heavy atom. The zero-order chi connectivity index (χ0) is 17.1. The molecule has 130 valence electrons. The van der Waals surface area contributed by atoms with Gasteiger partial charge in [-0.05, 0) is 39.5 Å². The molecule has 23 heavy (non-hydrogen) atoms. The van der Waals surface area contributed by atoms with Crippen molar-refractivity contribution in [3.8, 4) is 0 Å². The molecule has 1 aliphatic rings. The van der Waals surface area contributed by atoms with Gasteiger partial charge in [-0.2, -0.15) is 4.31 Å². The quantitative estimate of drug-likeness (QED) is 0.698. The van der Waals surface area contributed by atoms with Gasteiger partial charge in [0.1, 0.15) is 6.26 Å². The van der Waals surface area contributed by atoms with Gasteiger partial charge in [0.15, 0.2) is 0 Å². The predicted molar refractivity (Wildman–Crippen MR) is 84.1 cm³/mol. The maximum absolute atomic E-state index is 12.7. The van der Waals surface area contributed by atoms with Crippen LogP contribution < -0.4 is 0 Å².